The molecule has 0 aliphatic heterocycles. The van der Waals surface area contributed by atoms with Gasteiger partial charge >= 0.3 is 0 Å². The molecule has 0 bridgehead atoms. The van der Waals surface area contributed by atoms with Crippen LogP contribution in [0.5, 0.6) is 5.88 Å². The van der Waals surface area contributed by atoms with E-state index in [1.807, 2.05) is 24.4 Å². The molecule has 0 fully saturated rings. The van der Waals surface area contributed by atoms with Crippen LogP contribution >= 0.6 is 11.3 Å². The molecule has 90 valence electrons. The molecule has 0 aliphatic carbocycles. The van der Waals surface area contributed by atoms with Gasteiger partial charge in [0.25, 0.3) is 6.47 Å². The highest BCUT2D eigenvalue weighted by Gasteiger charge is 2.02. The Morgan fingerprint density at radius 3 is 2.59 bits per heavy atom. The van der Waals surface area contributed by atoms with Crippen LogP contribution in [0.15, 0.2) is 23.7 Å². The van der Waals surface area contributed by atoms with Crippen molar-refractivity contribution in [2.45, 2.75) is 6.92 Å². The fourth-order valence-corrected chi connectivity index (χ4v) is 1.90. The van der Waals surface area contributed by atoms with E-state index in [0.717, 1.165) is 16.3 Å². The van der Waals surface area contributed by atoms with Crippen molar-refractivity contribution < 1.29 is 14.6 Å². The van der Waals surface area contributed by atoms with Crippen LogP contribution in [0.4, 0.5) is 0 Å². The highest BCUT2D eigenvalue weighted by atomic mass is 32.1. The van der Waals surface area contributed by atoms with Gasteiger partial charge in [0.1, 0.15) is 5.01 Å². The molecule has 17 heavy (non-hydrogen) atoms. The molecule has 0 aromatic carbocycles. The maximum absolute atomic E-state index is 8.36. The molecule has 2 heterocycles. The van der Waals surface area contributed by atoms with Crippen LogP contribution in [0, 0.1) is 6.92 Å². The lowest BCUT2D eigenvalue weighted by molar-refractivity contribution is -0.122. The summed E-state index contributed by atoms with van der Waals surface area (Å²) in [6.07, 6.45) is 1.77. The van der Waals surface area contributed by atoms with Crippen LogP contribution in [0.3, 0.4) is 0 Å². The van der Waals surface area contributed by atoms with Gasteiger partial charge in [-0.1, -0.05) is 0 Å². The van der Waals surface area contributed by atoms with Gasteiger partial charge in [0.15, 0.2) is 0 Å². The van der Waals surface area contributed by atoms with E-state index in [4.69, 9.17) is 14.6 Å². The lowest BCUT2D eigenvalue weighted by atomic mass is 10.3. The SMILES string of the molecule is COc1ccc(-c2nc(C)cs2)cn1.O=CO. The largest absolute Gasteiger partial charge is 0.483 e. The average Bonchev–Trinajstić information content (AvgIpc) is 2.77. The van der Waals surface area contributed by atoms with Crippen molar-refractivity contribution >= 4 is 17.8 Å². The van der Waals surface area contributed by atoms with E-state index in [1.54, 1.807) is 24.6 Å². The molecule has 0 spiro atoms. The first-order valence-corrected chi connectivity index (χ1v) is 5.59. The number of aromatic nitrogens is 2. The summed E-state index contributed by atoms with van der Waals surface area (Å²) in [4.78, 5) is 16.9. The Kier molecular flexibility index (Phi) is 5.09. The van der Waals surface area contributed by atoms with Crippen molar-refractivity contribution in [1.29, 1.82) is 0 Å². The first-order valence-electron chi connectivity index (χ1n) is 4.71. The van der Waals surface area contributed by atoms with Crippen molar-refractivity contribution in [1.82, 2.24) is 9.97 Å². The van der Waals surface area contributed by atoms with Gasteiger partial charge in [0, 0.05) is 28.9 Å². The number of thiazole rings is 1. The fourth-order valence-electron chi connectivity index (χ4n) is 1.11. The second-order valence-corrected chi connectivity index (χ2v) is 3.85. The number of nitrogens with zero attached hydrogens (tertiary/aromatic N) is 2. The fraction of sp³-hybridized carbons (Fsp3) is 0.182. The van der Waals surface area contributed by atoms with Crippen molar-refractivity contribution in [2.75, 3.05) is 7.11 Å². The highest BCUT2D eigenvalue weighted by molar-refractivity contribution is 7.13. The minimum atomic E-state index is -0.250. The molecule has 0 saturated heterocycles. The summed E-state index contributed by atoms with van der Waals surface area (Å²) in [7, 11) is 1.61. The number of hydrogen-bond acceptors (Lipinski definition) is 5. The number of rotatable bonds is 2. The number of carbonyl (C=O) groups is 1. The van der Waals surface area contributed by atoms with E-state index < -0.39 is 0 Å². The van der Waals surface area contributed by atoms with Crippen molar-refractivity contribution in [3.05, 3.63) is 29.4 Å². The number of hydrogen-bond donors (Lipinski definition) is 1. The van der Waals surface area contributed by atoms with E-state index in [2.05, 4.69) is 9.97 Å². The normalized spacial score (nSPS) is 9.06. The minimum Gasteiger partial charge on any atom is -0.483 e. The Bertz CT molecular complexity index is 468. The predicted octanol–water partition coefficient (Wildman–Crippen LogP) is 2.22. The number of ether oxygens (including phenoxy) is 1. The van der Waals surface area contributed by atoms with Crippen LogP contribution in [0.1, 0.15) is 5.69 Å². The van der Waals surface area contributed by atoms with Crippen molar-refractivity contribution in [3.8, 4) is 16.5 Å². The van der Waals surface area contributed by atoms with Gasteiger partial charge in [-0.25, -0.2) is 9.97 Å². The molecule has 0 aliphatic rings. The zero-order valence-electron chi connectivity index (χ0n) is 9.45. The van der Waals surface area contributed by atoms with Gasteiger partial charge in [0.2, 0.25) is 5.88 Å². The van der Waals surface area contributed by atoms with Crippen LogP contribution < -0.4 is 4.74 Å². The highest BCUT2D eigenvalue weighted by Crippen LogP contribution is 2.23. The van der Waals surface area contributed by atoms with Crippen LogP contribution in [0.25, 0.3) is 10.6 Å². The first-order chi connectivity index (χ1) is 8.21. The lowest BCUT2D eigenvalue weighted by Crippen LogP contribution is -1.86. The number of methoxy groups -OCH3 is 1. The van der Waals surface area contributed by atoms with Crippen LogP contribution in [-0.4, -0.2) is 28.7 Å². The summed E-state index contributed by atoms with van der Waals surface area (Å²) < 4.78 is 4.98. The Labute approximate surface area is 103 Å². The molecule has 6 heteroatoms. The molecule has 1 N–H and O–H groups in total. The Morgan fingerprint density at radius 1 is 1.47 bits per heavy atom. The zero-order valence-corrected chi connectivity index (χ0v) is 10.3. The van der Waals surface area contributed by atoms with Crippen LogP contribution in [-0.2, 0) is 4.79 Å². The third-order valence-electron chi connectivity index (χ3n) is 1.81. The lowest BCUT2D eigenvalue weighted by Gasteiger charge is -1.98. The first kappa shape index (κ1) is 13.1. The monoisotopic (exact) mass is 252 g/mol. The van der Waals surface area contributed by atoms with E-state index in [9.17, 15) is 0 Å². The molecule has 5 nitrogen and oxygen atoms in total. The van der Waals surface area contributed by atoms with Gasteiger partial charge in [-0.15, -0.1) is 11.3 Å². The molecular formula is C11H12N2O3S. The maximum atomic E-state index is 8.36. The number of pyridine rings is 1. The summed E-state index contributed by atoms with van der Waals surface area (Å²) in [5.41, 5.74) is 2.07. The van der Waals surface area contributed by atoms with Crippen molar-refractivity contribution in [3.63, 3.8) is 0 Å². The van der Waals surface area contributed by atoms with E-state index in [1.165, 1.54) is 0 Å². The van der Waals surface area contributed by atoms with Gasteiger partial charge < -0.3 is 9.84 Å². The molecule has 0 saturated carbocycles. The minimum absolute atomic E-state index is 0.250. The third-order valence-corrected chi connectivity index (χ3v) is 2.82. The summed E-state index contributed by atoms with van der Waals surface area (Å²) in [5.74, 6) is 0.627. The second-order valence-electron chi connectivity index (χ2n) is 2.99. The Morgan fingerprint density at radius 2 is 2.18 bits per heavy atom. The zero-order chi connectivity index (χ0) is 12.7. The molecule has 0 unspecified atom stereocenters. The van der Waals surface area contributed by atoms with E-state index >= 15 is 0 Å². The summed E-state index contributed by atoms with van der Waals surface area (Å²) in [5, 5.41) is 9.91. The third kappa shape index (κ3) is 3.84. The predicted molar refractivity (Wildman–Crippen MR) is 65.3 cm³/mol. The van der Waals surface area contributed by atoms with Gasteiger partial charge in [-0.05, 0) is 13.0 Å². The average molecular weight is 252 g/mol. The van der Waals surface area contributed by atoms with Gasteiger partial charge in [0.05, 0.1) is 7.11 Å². The van der Waals surface area contributed by atoms with Gasteiger partial charge in [-0.2, -0.15) is 0 Å². The molecule has 0 atom stereocenters. The molecule has 0 radical (unpaired) electrons. The Hall–Kier alpha value is -1.95. The molecule has 2 aromatic heterocycles. The summed E-state index contributed by atoms with van der Waals surface area (Å²) in [6.45, 7) is 1.73. The van der Waals surface area contributed by atoms with Gasteiger partial charge in [-0.3, -0.25) is 4.79 Å². The quantitative estimate of drug-likeness (QED) is 0.830. The molecule has 0 amide bonds. The van der Waals surface area contributed by atoms with E-state index in [0.29, 0.717) is 5.88 Å². The van der Waals surface area contributed by atoms with Crippen molar-refractivity contribution in [2.24, 2.45) is 0 Å². The molecular weight excluding hydrogens is 240 g/mol. The second kappa shape index (κ2) is 6.59. The molecule has 2 aromatic rings. The van der Waals surface area contributed by atoms with Crippen LogP contribution in [0.2, 0.25) is 0 Å². The molecule has 2 rings (SSSR count). The number of aryl methyl sites for hydroxylation is 1. The topological polar surface area (TPSA) is 72.3 Å². The maximum Gasteiger partial charge on any atom is 0.290 e. The Balaban J connectivity index is 0.000000437. The smallest absolute Gasteiger partial charge is 0.290 e. The summed E-state index contributed by atoms with van der Waals surface area (Å²) >= 11 is 1.62. The number of carboxylic acid groups (broad SMARTS) is 1. The summed E-state index contributed by atoms with van der Waals surface area (Å²) in [6, 6.07) is 3.80. The standard InChI is InChI=1S/C10H10N2OS.CH2O2/c1-7-6-14-10(12-7)8-3-4-9(13-2)11-5-8;2-1-3/h3-6H,1-2H3;1H,(H,2,3). The van der Waals surface area contributed by atoms with E-state index in [-0.39, 0.29) is 6.47 Å².